The first kappa shape index (κ1) is 10.6. The van der Waals surface area contributed by atoms with Crippen LogP contribution in [0.25, 0.3) is 11.0 Å². The zero-order valence-corrected chi connectivity index (χ0v) is 10.3. The van der Waals surface area contributed by atoms with E-state index in [4.69, 9.17) is 10.3 Å². The number of hydrogen-bond acceptors (Lipinski definition) is 3. The molecule has 0 bridgehead atoms. The molecule has 0 saturated heterocycles. The topological polar surface area (TPSA) is 51.2 Å². The first-order valence-electron chi connectivity index (χ1n) is 6.80. The Hall–Kier alpha value is -1.32. The van der Waals surface area contributed by atoms with E-state index in [1.807, 2.05) is 18.2 Å². The van der Waals surface area contributed by atoms with Crippen LogP contribution in [0.15, 0.2) is 34.7 Å². The summed E-state index contributed by atoms with van der Waals surface area (Å²) in [5.41, 5.74) is 3.92. The Labute approximate surface area is 106 Å². The van der Waals surface area contributed by atoms with Crippen LogP contribution in [-0.2, 0) is 0 Å². The van der Waals surface area contributed by atoms with Crippen LogP contribution in [0, 0.1) is 17.8 Å². The molecule has 94 valence electrons. The summed E-state index contributed by atoms with van der Waals surface area (Å²) in [4.78, 5) is 0. The fourth-order valence-corrected chi connectivity index (χ4v) is 3.64. The molecule has 2 aromatic rings. The van der Waals surface area contributed by atoms with E-state index in [0.717, 1.165) is 28.6 Å². The molecule has 4 rings (SSSR count). The largest absolute Gasteiger partial charge is 0.459 e. The van der Waals surface area contributed by atoms with Gasteiger partial charge in [-0.25, -0.2) is 5.43 Å². The molecule has 3 atom stereocenters. The second kappa shape index (κ2) is 3.84. The third kappa shape index (κ3) is 1.58. The Morgan fingerprint density at radius 1 is 1.17 bits per heavy atom. The van der Waals surface area contributed by atoms with Crippen molar-refractivity contribution in [2.45, 2.75) is 25.3 Å². The van der Waals surface area contributed by atoms with E-state index in [1.54, 1.807) is 0 Å². The lowest BCUT2D eigenvalue weighted by Gasteiger charge is -2.21. The predicted octanol–water partition coefficient (Wildman–Crippen LogP) is 2.98. The molecule has 2 aliphatic carbocycles. The molecule has 3 N–H and O–H groups in total. The maximum absolute atomic E-state index is 5.94. The molecule has 2 aliphatic rings. The average Bonchev–Trinajstić information content (AvgIpc) is 2.84. The number of nitrogens with one attached hydrogen (secondary N) is 1. The monoisotopic (exact) mass is 242 g/mol. The summed E-state index contributed by atoms with van der Waals surface area (Å²) in [6, 6.07) is 10.4. The summed E-state index contributed by atoms with van der Waals surface area (Å²) in [5, 5.41) is 1.16. The molecule has 1 aromatic heterocycles. The lowest BCUT2D eigenvalue weighted by atomic mass is 9.93. The Kier molecular flexibility index (Phi) is 2.26. The number of furan rings is 1. The lowest BCUT2D eigenvalue weighted by Crippen LogP contribution is -2.32. The minimum absolute atomic E-state index is 0.171. The van der Waals surface area contributed by atoms with Gasteiger partial charge in [0.15, 0.2) is 0 Å². The second-order valence-corrected chi connectivity index (χ2v) is 5.82. The number of benzene rings is 1. The Morgan fingerprint density at radius 2 is 1.94 bits per heavy atom. The van der Waals surface area contributed by atoms with Crippen LogP contribution < -0.4 is 11.3 Å². The van der Waals surface area contributed by atoms with Crippen LogP contribution in [0.4, 0.5) is 0 Å². The van der Waals surface area contributed by atoms with E-state index in [1.165, 1.54) is 19.3 Å². The summed E-state index contributed by atoms with van der Waals surface area (Å²) in [6.45, 7) is 0. The van der Waals surface area contributed by atoms with Crippen LogP contribution in [-0.4, -0.2) is 0 Å². The van der Waals surface area contributed by atoms with Crippen LogP contribution in [0.3, 0.4) is 0 Å². The maximum Gasteiger partial charge on any atom is 0.134 e. The van der Waals surface area contributed by atoms with Gasteiger partial charge in [0.05, 0.1) is 6.04 Å². The van der Waals surface area contributed by atoms with Gasteiger partial charge in [-0.15, -0.1) is 0 Å². The molecule has 0 amide bonds. The van der Waals surface area contributed by atoms with Gasteiger partial charge in [-0.1, -0.05) is 18.2 Å². The average molecular weight is 242 g/mol. The lowest BCUT2D eigenvalue weighted by molar-refractivity contribution is 0.304. The van der Waals surface area contributed by atoms with E-state index < -0.39 is 0 Å². The van der Waals surface area contributed by atoms with Crippen molar-refractivity contribution in [3.05, 3.63) is 36.1 Å². The van der Waals surface area contributed by atoms with Crippen molar-refractivity contribution in [2.24, 2.45) is 23.6 Å². The highest BCUT2D eigenvalue weighted by molar-refractivity contribution is 5.77. The highest BCUT2D eigenvalue weighted by Crippen LogP contribution is 2.57. The normalized spacial score (nSPS) is 31.5. The number of hydrogen-bond donors (Lipinski definition) is 2. The van der Waals surface area contributed by atoms with Gasteiger partial charge in [0.2, 0.25) is 0 Å². The fraction of sp³-hybridized carbons (Fsp3) is 0.467. The smallest absolute Gasteiger partial charge is 0.134 e. The molecule has 2 fully saturated rings. The van der Waals surface area contributed by atoms with Crippen molar-refractivity contribution in [1.29, 1.82) is 0 Å². The van der Waals surface area contributed by atoms with Crippen LogP contribution in [0.1, 0.15) is 31.1 Å². The number of hydrazine groups is 1. The van der Waals surface area contributed by atoms with Crippen molar-refractivity contribution < 1.29 is 4.42 Å². The molecule has 3 nitrogen and oxygen atoms in total. The van der Waals surface area contributed by atoms with Crippen LogP contribution in [0.2, 0.25) is 0 Å². The molecule has 2 saturated carbocycles. The van der Waals surface area contributed by atoms with Crippen molar-refractivity contribution >= 4 is 11.0 Å². The fourth-order valence-electron chi connectivity index (χ4n) is 3.64. The number of fused-ring (bicyclic) bond motifs is 2. The summed E-state index contributed by atoms with van der Waals surface area (Å²) >= 11 is 0. The van der Waals surface area contributed by atoms with Crippen molar-refractivity contribution in [3.63, 3.8) is 0 Å². The van der Waals surface area contributed by atoms with E-state index in [9.17, 15) is 0 Å². The molecule has 1 heterocycles. The van der Waals surface area contributed by atoms with Crippen molar-refractivity contribution in [2.75, 3.05) is 0 Å². The van der Waals surface area contributed by atoms with Crippen LogP contribution in [0.5, 0.6) is 0 Å². The standard InChI is InChI=1S/C15H18N2O/c16-17-15(12-6-10-5-11(10)7-12)14-8-9-3-1-2-4-13(9)18-14/h1-4,8,10-12,15,17H,5-7,16H2. The zero-order valence-electron chi connectivity index (χ0n) is 10.3. The molecular formula is C15H18N2O. The molecule has 0 spiro atoms. The highest BCUT2D eigenvalue weighted by Gasteiger charge is 2.48. The van der Waals surface area contributed by atoms with Gasteiger partial charge in [-0.05, 0) is 49.1 Å². The molecule has 0 aliphatic heterocycles. The SMILES string of the molecule is NNC(c1cc2ccccc2o1)C1CC2CC2C1. The molecule has 18 heavy (non-hydrogen) atoms. The van der Waals surface area contributed by atoms with Crippen LogP contribution >= 0.6 is 0 Å². The number of rotatable bonds is 3. The first-order chi connectivity index (χ1) is 8.85. The first-order valence-corrected chi connectivity index (χ1v) is 6.80. The van der Waals surface area contributed by atoms with Gasteiger partial charge in [0.1, 0.15) is 11.3 Å². The quantitative estimate of drug-likeness (QED) is 0.642. The van der Waals surface area contributed by atoms with Gasteiger partial charge in [-0.2, -0.15) is 0 Å². The van der Waals surface area contributed by atoms with Gasteiger partial charge >= 0.3 is 0 Å². The zero-order chi connectivity index (χ0) is 12.1. The highest BCUT2D eigenvalue weighted by atomic mass is 16.3. The second-order valence-electron chi connectivity index (χ2n) is 5.82. The number of para-hydroxylation sites is 1. The summed E-state index contributed by atoms with van der Waals surface area (Å²) in [6.07, 6.45) is 4.04. The van der Waals surface area contributed by atoms with Gasteiger partial charge in [0.25, 0.3) is 0 Å². The van der Waals surface area contributed by atoms with Crippen molar-refractivity contribution in [3.8, 4) is 0 Å². The van der Waals surface area contributed by atoms with Gasteiger partial charge in [0, 0.05) is 5.39 Å². The van der Waals surface area contributed by atoms with Gasteiger partial charge < -0.3 is 4.42 Å². The van der Waals surface area contributed by atoms with E-state index in [2.05, 4.69) is 17.6 Å². The summed E-state index contributed by atoms with van der Waals surface area (Å²) < 4.78 is 5.94. The Bertz CT molecular complexity index is 534. The number of nitrogens with two attached hydrogens (primary N) is 1. The minimum Gasteiger partial charge on any atom is -0.459 e. The molecule has 3 unspecified atom stereocenters. The van der Waals surface area contributed by atoms with E-state index in [0.29, 0.717) is 5.92 Å². The third-order valence-corrected chi connectivity index (χ3v) is 4.68. The molecule has 1 aromatic carbocycles. The molecule has 0 radical (unpaired) electrons. The van der Waals surface area contributed by atoms with E-state index >= 15 is 0 Å². The van der Waals surface area contributed by atoms with Crippen molar-refractivity contribution in [1.82, 2.24) is 5.43 Å². The molecule has 3 heteroatoms. The summed E-state index contributed by atoms with van der Waals surface area (Å²) in [7, 11) is 0. The Balaban J connectivity index is 1.66. The maximum atomic E-state index is 5.94. The van der Waals surface area contributed by atoms with E-state index in [-0.39, 0.29) is 6.04 Å². The Morgan fingerprint density at radius 3 is 2.67 bits per heavy atom. The predicted molar refractivity (Wildman–Crippen MR) is 70.6 cm³/mol. The molecular weight excluding hydrogens is 224 g/mol. The summed E-state index contributed by atoms with van der Waals surface area (Å²) in [5.74, 6) is 9.32. The van der Waals surface area contributed by atoms with Gasteiger partial charge in [-0.3, -0.25) is 5.84 Å². The minimum atomic E-state index is 0.171. The third-order valence-electron chi connectivity index (χ3n) is 4.68.